The molecule has 0 radical (unpaired) electrons. The lowest BCUT2D eigenvalue weighted by atomic mass is 10.0. The van der Waals surface area contributed by atoms with Crippen molar-refractivity contribution in [2.24, 2.45) is 0 Å². The molecular formula is C23H17FN2O4. The van der Waals surface area contributed by atoms with E-state index in [2.05, 4.69) is 5.32 Å². The molecule has 1 N–H and O–H groups in total. The summed E-state index contributed by atoms with van der Waals surface area (Å²) in [6, 6.07) is 19.2. The van der Waals surface area contributed by atoms with Crippen molar-refractivity contribution in [2.45, 2.75) is 12.5 Å². The van der Waals surface area contributed by atoms with E-state index in [1.54, 1.807) is 48.5 Å². The Morgan fingerprint density at radius 3 is 2.33 bits per heavy atom. The Balaban J connectivity index is 1.66. The Morgan fingerprint density at radius 2 is 1.60 bits per heavy atom. The van der Waals surface area contributed by atoms with Gasteiger partial charge in [0, 0.05) is 11.3 Å². The first-order valence-corrected chi connectivity index (χ1v) is 9.27. The van der Waals surface area contributed by atoms with Crippen molar-refractivity contribution in [1.29, 1.82) is 0 Å². The highest BCUT2D eigenvalue weighted by atomic mass is 19.1. The van der Waals surface area contributed by atoms with E-state index in [1.807, 2.05) is 6.07 Å². The van der Waals surface area contributed by atoms with Crippen LogP contribution >= 0.6 is 0 Å². The molecule has 1 unspecified atom stereocenters. The molecular weight excluding hydrogens is 387 g/mol. The number of fused-ring (bicyclic) bond motifs is 1. The van der Waals surface area contributed by atoms with Crippen molar-refractivity contribution >= 4 is 29.2 Å². The molecule has 30 heavy (non-hydrogen) atoms. The molecule has 7 heteroatoms. The number of hydrogen-bond donors (Lipinski definition) is 1. The van der Waals surface area contributed by atoms with Crippen molar-refractivity contribution in [2.75, 3.05) is 10.2 Å². The number of halogens is 1. The summed E-state index contributed by atoms with van der Waals surface area (Å²) in [5.41, 5.74) is 1.13. The Hall–Kier alpha value is -4.00. The number of esters is 1. The third-order valence-corrected chi connectivity index (χ3v) is 4.67. The second-order valence-corrected chi connectivity index (χ2v) is 6.70. The molecule has 2 amide bonds. The van der Waals surface area contributed by atoms with Crippen LogP contribution in [0.4, 0.5) is 15.8 Å². The van der Waals surface area contributed by atoms with E-state index in [-0.39, 0.29) is 17.7 Å². The lowest BCUT2D eigenvalue weighted by Crippen LogP contribution is -2.51. The first-order chi connectivity index (χ1) is 14.5. The Kier molecular flexibility index (Phi) is 5.26. The third kappa shape index (κ3) is 3.91. The van der Waals surface area contributed by atoms with E-state index in [0.717, 1.165) is 0 Å². The lowest BCUT2D eigenvalue weighted by molar-refractivity contribution is -0.138. The maximum atomic E-state index is 13.3. The van der Waals surface area contributed by atoms with Gasteiger partial charge in [-0.1, -0.05) is 30.3 Å². The normalized spacial score (nSPS) is 15.2. The second-order valence-electron chi connectivity index (χ2n) is 6.70. The summed E-state index contributed by atoms with van der Waals surface area (Å²) in [6.07, 6.45) is -0.297. The van der Waals surface area contributed by atoms with Crippen molar-refractivity contribution in [1.82, 2.24) is 0 Å². The van der Waals surface area contributed by atoms with Gasteiger partial charge in [-0.2, -0.15) is 0 Å². The number of nitrogens with one attached hydrogen (secondary N) is 1. The van der Waals surface area contributed by atoms with E-state index >= 15 is 0 Å². The molecule has 1 heterocycles. The van der Waals surface area contributed by atoms with Crippen LogP contribution < -0.4 is 15.0 Å². The fourth-order valence-corrected chi connectivity index (χ4v) is 3.26. The summed E-state index contributed by atoms with van der Waals surface area (Å²) in [6.45, 7) is 0. The summed E-state index contributed by atoms with van der Waals surface area (Å²) < 4.78 is 18.7. The number of amides is 2. The smallest absolute Gasteiger partial charge is 0.335 e. The topological polar surface area (TPSA) is 75.7 Å². The predicted octanol–water partition coefficient (Wildman–Crippen LogP) is 3.79. The zero-order chi connectivity index (χ0) is 21.1. The van der Waals surface area contributed by atoms with Gasteiger partial charge in [0.25, 0.3) is 5.91 Å². The summed E-state index contributed by atoms with van der Waals surface area (Å²) in [4.78, 5) is 39.7. The Bertz CT molecular complexity index is 1100. The van der Waals surface area contributed by atoms with Crippen LogP contribution in [0.2, 0.25) is 0 Å². The van der Waals surface area contributed by atoms with Gasteiger partial charge >= 0.3 is 5.97 Å². The number of nitrogens with zero attached hydrogens (tertiary/aromatic N) is 1. The van der Waals surface area contributed by atoms with Gasteiger partial charge in [0.05, 0.1) is 12.1 Å². The van der Waals surface area contributed by atoms with E-state index in [9.17, 15) is 18.8 Å². The average molecular weight is 404 g/mol. The zero-order valence-electron chi connectivity index (χ0n) is 15.7. The van der Waals surface area contributed by atoms with Gasteiger partial charge in [0.2, 0.25) is 5.91 Å². The highest BCUT2D eigenvalue weighted by molar-refractivity contribution is 6.12. The minimum atomic E-state index is -1.17. The van der Waals surface area contributed by atoms with E-state index in [4.69, 9.17) is 4.74 Å². The molecule has 3 aromatic carbocycles. The van der Waals surface area contributed by atoms with Crippen LogP contribution in [0.15, 0.2) is 78.9 Å². The molecule has 0 aliphatic carbocycles. The summed E-state index contributed by atoms with van der Waals surface area (Å²) in [5, 5.41) is 2.71. The molecule has 150 valence electrons. The van der Waals surface area contributed by atoms with Gasteiger partial charge in [-0.05, 0) is 48.5 Å². The number of carbonyl (C=O) groups excluding carboxylic acids is 3. The van der Waals surface area contributed by atoms with Crippen LogP contribution in [-0.2, 0) is 9.59 Å². The van der Waals surface area contributed by atoms with Crippen LogP contribution in [0, 0.1) is 5.82 Å². The predicted molar refractivity (Wildman–Crippen MR) is 109 cm³/mol. The van der Waals surface area contributed by atoms with Crippen LogP contribution in [-0.4, -0.2) is 23.8 Å². The molecule has 0 aromatic heterocycles. The van der Waals surface area contributed by atoms with Crippen LogP contribution in [0.5, 0.6) is 5.75 Å². The molecule has 0 fully saturated rings. The molecule has 3 aromatic rings. The first-order valence-electron chi connectivity index (χ1n) is 9.27. The fourth-order valence-electron chi connectivity index (χ4n) is 3.26. The maximum Gasteiger partial charge on any atom is 0.335 e. The van der Waals surface area contributed by atoms with Gasteiger partial charge in [-0.15, -0.1) is 0 Å². The van der Waals surface area contributed by atoms with Gasteiger partial charge in [-0.3, -0.25) is 14.5 Å². The molecule has 6 nitrogen and oxygen atoms in total. The standard InChI is InChI=1S/C23H17FN2O4/c24-16-12-10-15(11-13-16)22(28)26-18-8-4-5-9-20(18)30-23(29)19(26)14-21(27)25-17-6-2-1-3-7-17/h1-13,19H,14H2,(H,25,27). The van der Waals surface area contributed by atoms with Crippen molar-refractivity contribution < 1.29 is 23.5 Å². The van der Waals surface area contributed by atoms with Crippen molar-refractivity contribution in [3.05, 3.63) is 90.2 Å². The number of carbonyl (C=O) groups is 3. The first kappa shape index (κ1) is 19.3. The fraction of sp³-hybridized carbons (Fsp3) is 0.0870. The highest BCUT2D eigenvalue weighted by Gasteiger charge is 2.40. The number of rotatable bonds is 4. The molecule has 0 spiro atoms. The van der Waals surface area contributed by atoms with Crippen LogP contribution in [0.3, 0.4) is 0 Å². The number of hydrogen-bond acceptors (Lipinski definition) is 4. The van der Waals surface area contributed by atoms with E-state index in [0.29, 0.717) is 11.4 Å². The zero-order valence-corrected chi connectivity index (χ0v) is 15.7. The van der Waals surface area contributed by atoms with Gasteiger partial charge in [0.1, 0.15) is 11.9 Å². The van der Waals surface area contributed by atoms with Gasteiger partial charge in [-0.25, -0.2) is 9.18 Å². The molecule has 0 saturated heterocycles. The molecule has 1 aliphatic heterocycles. The maximum absolute atomic E-state index is 13.3. The third-order valence-electron chi connectivity index (χ3n) is 4.67. The average Bonchev–Trinajstić information content (AvgIpc) is 2.75. The molecule has 1 atom stereocenters. The SMILES string of the molecule is O=C(CC1C(=O)Oc2ccccc2N1C(=O)c1ccc(F)cc1)Nc1ccccc1. The van der Waals surface area contributed by atoms with Gasteiger partial charge in [0.15, 0.2) is 5.75 Å². The van der Waals surface area contributed by atoms with Crippen molar-refractivity contribution in [3.63, 3.8) is 0 Å². The summed E-state index contributed by atoms with van der Waals surface area (Å²) in [7, 11) is 0. The Labute approximate surface area is 171 Å². The highest BCUT2D eigenvalue weighted by Crippen LogP contribution is 2.36. The largest absolute Gasteiger partial charge is 0.423 e. The Morgan fingerprint density at radius 1 is 0.933 bits per heavy atom. The number of anilines is 2. The summed E-state index contributed by atoms with van der Waals surface area (Å²) in [5.74, 6) is -1.95. The second kappa shape index (κ2) is 8.16. The monoisotopic (exact) mass is 404 g/mol. The molecule has 0 bridgehead atoms. The number of benzene rings is 3. The van der Waals surface area contributed by atoms with Crippen LogP contribution in [0.25, 0.3) is 0 Å². The van der Waals surface area contributed by atoms with Crippen molar-refractivity contribution in [3.8, 4) is 5.75 Å². The van der Waals surface area contributed by atoms with E-state index in [1.165, 1.54) is 29.2 Å². The van der Waals surface area contributed by atoms with Gasteiger partial charge < -0.3 is 10.1 Å². The van der Waals surface area contributed by atoms with E-state index < -0.39 is 29.6 Å². The number of ether oxygens (including phenoxy) is 1. The summed E-state index contributed by atoms with van der Waals surface area (Å²) >= 11 is 0. The van der Waals surface area contributed by atoms with Crippen LogP contribution in [0.1, 0.15) is 16.8 Å². The molecule has 4 rings (SSSR count). The minimum absolute atomic E-state index is 0.189. The quantitative estimate of drug-likeness (QED) is 0.530. The minimum Gasteiger partial charge on any atom is -0.423 e. The molecule has 1 aliphatic rings. The lowest BCUT2D eigenvalue weighted by Gasteiger charge is -2.35. The number of para-hydroxylation sites is 3. The molecule has 0 saturated carbocycles.